The minimum absolute atomic E-state index is 0.271. The fourth-order valence-corrected chi connectivity index (χ4v) is 3.53. The number of hydrogen-bond acceptors (Lipinski definition) is 4. The van der Waals surface area contributed by atoms with Crippen LogP contribution < -0.4 is 10.1 Å². The minimum atomic E-state index is -0.827. The molecule has 0 aromatic heterocycles. The van der Waals surface area contributed by atoms with Crippen LogP contribution in [-0.2, 0) is 14.3 Å². The first-order valence-corrected chi connectivity index (χ1v) is 10.5. The molecule has 0 saturated heterocycles. The summed E-state index contributed by atoms with van der Waals surface area (Å²) in [6.45, 7) is 2.16. The zero-order valence-corrected chi connectivity index (χ0v) is 17.6. The van der Waals surface area contributed by atoms with E-state index in [4.69, 9.17) is 9.47 Å². The number of allylic oxidation sites excluding steroid dienone is 1. The van der Waals surface area contributed by atoms with Gasteiger partial charge < -0.3 is 14.8 Å². The van der Waals surface area contributed by atoms with Crippen LogP contribution in [-0.4, -0.2) is 31.6 Å². The van der Waals surface area contributed by atoms with Crippen LogP contribution in [0.5, 0.6) is 5.75 Å². The second kappa shape index (κ2) is 10.6. The lowest BCUT2D eigenvalue weighted by molar-refractivity contribution is -0.150. The quantitative estimate of drug-likeness (QED) is 0.388. The van der Waals surface area contributed by atoms with Crippen LogP contribution in [0.15, 0.2) is 54.1 Å². The Kier molecular flexibility index (Phi) is 7.66. The number of nitrogens with one attached hydrogen (secondary N) is 1. The lowest BCUT2D eigenvalue weighted by Crippen LogP contribution is -2.36. The van der Waals surface area contributed by atoms with Crippen molar-refractivity contribution in [2.45, 2.75) is 45.1 Å². The van der Waals surface area contributed by atoms with E-state index in [1.165, 1.54) is 24.5 Å². The van der Waals surface area contributed by atoms with Gasteiger partial charge >= 0.3 is 5.97 Å². The molecule has 0 saturated carbocycles. The molecule has 0 radical (unpaired) electrons. The molecule has 0 unspecified atom stereocenters. The van der Waals surface area contributed by atoms with E-state index in [9.17, 15) is 9.59 Å². The molecular weight excluding hydrogens is 378 g/mol. The summed E-state index contributed by atoms with van der Waals surface area (Å²) in [4.78, 5) is 24.2. The number of hydrogen-bond donors (Lipinski definition) is 1. The zero-order valence-electron chi connectivity index (χ0n) is 17.6. The summed E-state index contributed by atoms with van der Waals surface area (Å²) in [5.74, 6) is -0.00706. The fraction of sp³-hybridized carbons (Fsp3) is 0.360. The Morgan fingerprint density at radius 1 is 1.13 bits per heavy atom. The molecular formula is C25H29NO4. The Labute approximate surface area is 177 Å². The van der Waals surface area contributed by atoms with Crippen LogP contribution >= 0.6 is 0 Å². The van der Waals surface area contributed by atoms with Gasteiger partial charge in [0.05, 0.1) is 7.11 Å². The zero-order chi connectivity index (χ0) is 21.3. The number of fused-ring (bicyclic) bond motifs is 1. The van der Waals surface area contributed by atoms with Gasteiger partial charge in [0.2, 0.25) is 0 Å². The van der Waals surface area contributed by atoms with Gasteiger partial charge in [0, 0.05) is 12.6 Å². The predicted molar refractivity (Wildman–Crippen MR) is 119 cm³/mol. The summed E-state index contributed by atoms with van der Waals surface area (Å²) in [5.41, 5.74) is 2.28. The van der Waals surface area contributed by atoms with E-state index in [0.717, 1.165) is 41.3 Å². The van der Waals surface area contributed by atoms with Crippen molar-refractivity contribution in [3.05, 3.63) is 59.7 Å². The number of ether oxygens (including phenoxy) is 2. The van der Waals surface area contributed by atoms with Gasteiger partial charge in [0.15, 0.2) is 6.10 Å². The molecule has 0 heterocycles. The number of rotatable bonds is 8. The summed E-state index contributed by atoms with van der Waals surface area (Å²) >= 11 is 0. The van der Waals surface area contributed by atoms with Gasteiger partial charge in [-0.15, -0.1) is 0 Å². The molecule has 1 N–H and O–H groups in total. The lowest BCUT2D eigenvalue weighted by Gasteiger charge is -2.15. The summed E-state index contributed by atoms with van der Waals surface area (Å²) in [6.07, 6.45) is 10.1. The summed E-state index contributed by atoms with van der Waals surface area (Å²) in [7, 11) is 1.64. The number of carbonyl (C=O) groups is 2. The third-order valence-electron chi connectivity index (χ3n) is 5.28. The molecule has 0 fully saturated rings. The average Bonchev–Trinajstić information content (AvgIpc) is 2.77. The van der Waals surface area contributed by atoms with E-state index in [1.807, 2.05) is 36.4 Å². The van der Waals surface area contributed by atoms with E-state index in [0.29, 0.717) is 6.54 Å². The molecule has 1 atom stereocenters. The third kappa shape index (κ3) is 6.21. The maximum atomic E-state index is 12.2. The number of carbonyl (C=O) groups excluding carboxylic acids is 2. The molecule has 3 rings (SSSR count). The van der Waals surface area contributed by atoms with E-state index in [2.05, 4.69) is 11.4 Å². The highest BCUT2D eigenvalue weighted by atomic mass is 16.5. The summed E-state index contributed by atoms with van der Waals surface area (Å²) in [5, 5.41) is 4.95. The molecule has 30 heavy (non-hydrogen) atoms. The van der Waals surface area contributed by atoms with Gasteiger partial charge in [-0.3, -0.25) is 4.79 Å². The van der Waals surface area contributed by atoms with Crippen molar-refractivity contribution in [3.8, 4) is 5.75 Å². The van der Waals surface area contributed by atoms with Crippen molar-refractivity contribution in [1.82, 2.24) is 5.32 Å². The first-order valence-electron chi connectivity index (χ1n) is 10.5. The fourth-order valence-electron chi connectivity index (χ4n) is 3.53. The van der Waals surface area contributed by atoms with Gasteiger partial charge in [-0.2, -0.15) is 0 Å². The second-order valence-electron chi connectivity index (χ2n) is 7.53. The molecule has 5 heteroatoms. The number of esters is 1. The van der Waals surface area contributed by atoms with Crippen LogP contribution in [0.4, 0.5) is 0 Å². The smallest absolute Gasteiger partial charge is 0.331 e. The Morgan fingerprint density at radius 2 is 1.93 bits per heavy atom. The topological polar surface area (TPSA) is 64.6 Å². The molecule has 0 bridgehead atoms. The Balaban J connectivity index is 1.47. The molecule has 2 aromatic rings. The number of benzene rings is 2. The van der Waals surface area contributed by atoms with Gasteiger partial charge in [0.25, 0.3) is 5.91 Å². The Morgan fingerprint density at radius 3 is 2.70 bits per heavy atom. The minimum Gasteiger partial charge on any atom is -0.497 e. The number of methoxy groups -OCH3 is 1. The van der Waals surface area contributed by atoms with Crippen molar-refractivity contribution < 1.29 is 19.1 Å². The maximum Gasteiger partial charge on any atom is 0.331 e. The maximum absolute atomic E-state index is 12.2. The van der Waals surface area contributed by atoms with E-state index in [-0.39, 0.29) is 5.91 Å². The molecule has 1 aliphatic carbocycles. The standard InChI is InChI=1S/C25H29NO4/c1-18(25(28)26-15-14-19-6-4-3-5-7-19)30-24(27)13-9-20-8-10-22-17-23(29-2)12-11-21(22)16-20/h6,8-13,16-18H,3-5,7,14-15H2,1-2H3,(H,26,28)/b13-9+/t18-/m1/s1. The highest BCUT2D eigenvalue weighted by molar-refractivity contribution is 5.92. The van der Waals surface area contributed by atoms with Crippen molar-refractivity contribution in [2.75, 3.05) is 13.7 Å². The third-order valence-corrected chi connectivity index (χ3v) is 5.28. The van der Waals surface area contributed by atoms with Crippen LogP contribution in [0.3, 0.4) is 0 Å². The monoisotopic (exact) mass is 407 g/mol. The summed E-state index contributed by atoms with van der Waals surface area (Å²) in [6, 6.07) is 11.7. The normalized spacial score (nSPS) is 14.9. The molecule has 0 spiro atoms. The Bertz CT molecular complexity index is 961. The van der Waals surface area contributed by atoms with Crippen LogP contribution in [0.25, 0.3) is 16.8 Å². The Hall–Kier alpha value is -3.08. The van der Waals surface area contributed by atoms with Gasteiger partial charge in [-0.1, -0.05) is 29.8 Å². The van der Waals surface area contributed by atoms with Crippen LogP contribution in [0.2, 0.25) is 0 Å². The predicted octanol–water partition coefficient (Wildman–Crippen LogP) is 4.80. The highest BCUT2D eigenvalue weighted by Crippen LogP contribution is 2.22. The second-order valence-corrected chi connectivity index (χ2v) is 7.53. The van der Waals surface area contributed by atoms with Gasteiger partial charge in [-0.05, 0) is 79.6 Å². The van der Waals surface area contributed by atoms with E-state index < -0.39 is 12.1 Å². The van der Waals surface area contributed by atoms with E-state index >= 15 is 0 Å². The number of amides is 1. The molecule has 0 aliphatic heterocycles. The highest BCUT2D eigenvalue weighted by Gasteiger charge is 2.16. The first-order chi connectivity index (χ1) is 14.5. The lowest BCUT2D eigenvalue weighted by atomic mass is 9.97. The largest absolute Gasteiger partial charge is 0.497 e. The summed E-state index contributed by atoms with van der Waals surface area (Å²) < 4.78 is 10.5. The van der Waals surface area contributed by atoms with Crippen molar-refractivity contribution in [1.29, 1.82) is 0 Å². The average molecular weight is 408 g/mol. The molecule has 1 amide bonds. The molecule has 5 nitrogen and oxygen atoms in total. The van der Waals surface area contributed by atoms with Crippen LogP contribution in [0, 0.1) is 0 Å². The van der Waals surface area contributed by atoms with Crippen LogP contribution in [0.1, 0.15) is 44.6 Å². The molecule has 158 valence electrons. The first kappa shape index (κ1) is 21.6. The molecule has 2 aromatic carbocycles. The van der Waals surface area contributed by atoms with Crippen molar-refractivity contribution >= 4 is 28.7 Å². The SMILES string of the molecule is COc1ccc2cc(/C=C/C(=O)O[C@H](C)C(=O)NCCC3=CCCCC3)ccc2c1. The molecule has 1 aliphatic rings. The van der Waals surface area contributed by atoms with Crippen molar-refractivity contribution in [3.63, 3.8) is 0 Å². The van der Waals surface area contributed by atoms with Gasteiger partial charge in [-0.25, -0.2) is 4.79 Å². The van der Waals surface area contributed by atoms with Crippen molar-refractivity contribution in [2.24, 2.45) is 0 Å². The van der Waals surface area contributed by atoms with Gasteiger partial charge in [0.1, 0.15) is 5.75 Å². The van der Waals surface area contributed by atoms with E-state index in [1.54, 1.807) is 20.1 Å².